The Kier molecular flexibility index (Phi) is 4.67. The summed E-state index contributed by atoms with van der Waals surface area (Å²) in [6.45, 7) is 0. The summed E-state index contributed by atoms with van der Waals surface area (Å²) in [6.07, 6.45) is 0. The number of benzene rings is 3. The minimum absolute atomic E-state index is 0. The van der Waals surface area contributed by atoms with Crippen LogP contribution in [0.5, 0.6) is 5.75 Å². The van der Waals surface area contributed by atoms with E-state index in [0.717, 1.165) is 10.8 Å². The van der Waals surface area contributed by atoms with E-state index in [1.54, 1.807) is 30.3 Å². The van der Waals surface area contributed by atoms with Crippen molar-refractivity contribution in [3.63, 3.8) is 0 Å². The van der Waals surface area contributed by atoms with Crippen LogP contribution in [0.2, 0.25) is 0 Å². The zero-order valence-corrected chi connectivity index (χ0v) is 15.5. The van der Waals surface area contributed by atoms with Gasteiger partial charge >= 0.3 is 5.69 Å². The fraction of sp³-hybridized carbons (Fsp3) is 0. The topological polar surface area (TPSA) is 98.0 Å². The zero-order valence-electron chi connectivity index (χ0n) is 13.5. The molecular weight excluding hydrogens is 329 g/mol. The summed E-state index contributed by atoms with van der Waals surface area (Å²) >= 11 is 0. The smallest absolute Gasteiger partial charge is 0.323 e. The molecule has 0 aliphatic carbocycles. The molecule has 25 heavy (non-hydrogen) atoms. The van der Waals surface area contributed by atoms with Crippen molar-refractivity contribution in [2.45, 2.75) is 0 Å². The fourth-order valence-electron chi connectivity index (χ4n) is 2.72. The molecule has 0 bridgehead atoms. The predicted molar refractivity (Wildman–Crippen MR) is 98.2 cm³/mol. The summed E-state index contributed by atoms with van der Waals surface area (Å²) in [7, 11) is 0. The summed E-state index contributed by atoms with van der Waals surface area (Å²) < 4.78 is 0. The summed E-state index contributed by atoms with van der Waals surface area (Å²) in [5, 5.41) is 14.6. The second-order valence-corrected chi connectivity index (χ2v) is 5.51. The Labute approximate surface area is 164 Å². The molecule has 1 heterocycles. The van der Waals surface area contributed by atoms with Crippen molar-refractivity contribution < 1.29 is 9.90 Å². The quantitative estimate of drug-likeness (QED) is 0.421. The van der Waals surface area contributed by atoms with Gasteiger partial charge < -0.3 is 20.4 Å². The van der Waals surface area contributed by atoms with E-state index >= 15 is 0 Å². The Morgan fingerprint density at radius 3 is 2.36 bits per heavy atom. The number of carbonyl (C=O) groups excluding carboxylic acids is 1. The number of amides is 1. The number of phenolic OH excluding ortho intramolecular Hbond substituents is 1. The van der Waals surface area contributed by atoms with Gasteiger partial charge in [-0.2, -0.15) is 0 Å². The van der Waals surface area contributed by atoms with Crippen molar-refractivity contribution in [2.24, 2.45) is 0 Å². The number of carbonyl (C=O) groups is 1. The van der Waals surface area contributed by atoms with Crippen molar-refractivity contribution in [1.82, 2.24) is 9.97 Å². The van der Waals surface area contributed by atoms with Crippen LogP contribution in [0.3, 0.4) is 0 Å². The molecule has 1 radical (unpaired) electrons. The van der Waals surface area contributed by atoms with E-state index < -0.39 is 5.91 Å². The Morgan fingerprint density at radius 2 is 1.60 bits per heavy atom. The molecule has 0 fully saturated rings. The molecule has 7 heteroatoms. The molecule has 0 unspecified atom stereocenters. The average Bonchev–Trinajstić information content (AvgIpc) is 2.93. The van der Waals surface area contributed by atoms with Gasteiger partial charge in [0.1, 0.15) is 5.75 Å². The molecule has 4 rings (SSSR count). The third kappa shape index (κ3) is 3.32. The third-order valence-electron chi connectivity index (χ3n) is 3.88. The molecule has 0 saturated carbocycles. The molecule has 1 amide bonds. The molecule has 0 saturated heterocycles. The molecule has 0 aliphatic heterocycles. The van der Waals surface area contributed by atoms with Crippen LogP contribution in [0, 0.1) is 0 Å². The Balaban J connectivity index is 0.00000182. The Morgan fingerprint density at radius 1 is 0.920 bits per heavy atom. The monoisotopic (exact) mass is 342 g/mol. The number of hydrogen-bond acceptors (Lipinski definition) is 3. The first-order valence-corrected chi connectivity index (χ1v) is 7.35. The Hall–Kier alpha value is -2.54. The van der Waals surface area contributed by atoms with E-state index in [0.29, 0.717) is 16.7 Å². The zero-order chi connectivity index (χ0) is 16.7. The SMILES string of the molecule is O=C(Nc1ccc2[nH]c(=O)[nH]c2c1)c1cc2ccccc2cc1O.[Na]. The normalized spacial score (nSPS) is 10.6. The van der Waals surface area contributed by atoms with Crippen LogP contribution in [0.25, 0.3) is 21.8 Å². The second-order valence-electron chi connectivity index (χ2n) is 5.51. The van der Waals surface area contributed by atoms with Crippen LogP contribution in [-0.2, 0) is 0 Å². The van der Waals surface area contributed by atoms with E-state index in [-0.39, 0.29) is 46.6 Å². The number of fused-ring (bicyclic) bond motifs is 2. The summed E-state index contributed by atoms with van der Waals surface area (Å²) in [5.74, 6) is -0.502. The van der Waals surface area contributed by atoms with Gasteiger partial charge in [-0.25, -0.2) is 4.79 Å². The maximum atomic E-state index is 12.5. The molecule has 4 aromatic rings. The maximum Gasteiger partial charge on any atom is 0.323 e. The summed E-state index contributed by atoms with van der Waals surface area (Å²) in [4.78, 5) is 29.0. The molecule has 0 aliphatic rings. The van der Waals surface area contributed by atoms with Crippen molar-refractivity contribution in [1.29, 1.82) is 0 Å². The van der Waals surface area contributed by atoms with Gasteiger partial charge in [-0.05, 0) is 41.1 Å². The van der Waals surface area contributed by atoms with Crippen LogP contribution in [0.15, 0.2) is 59.4 Å². The molecule has 0 atom stereocenters. The largest absolute Gasteiger partial charge is 0.507 e. The Bertz CT molecular complexity index is 1150. The first kappa shape index (κ1) is 17.3. The number of aromatic nitrogens is 2. The van der Waals surface area contributed by atoms with Gasteiger partial charge in [0.05, 0.1) is 16.6 Å². The standard InChI is InChI=1S/C18H13N3O3.Na/c22-16-8-11-4-2-1-3-10(11)7-13(16)17(23)19-12-5-6-14-15(9-12)21-18(24)20-14;/h1-9,22H,(H,19,23)(H2,20,21,24);. The van der Waals surface area contributed by atoms with E-state index in [9.17, 15) is 14.7 Å². The van der Waals surface area contributed by atoms with Crippen molar-refractivity contribution in [3.8, 4) is 5.75 Å². The molecule has 4 N–H and O–H groups in total. The average molecular weight is 342 g/mol. The number of aromatic amines is 2. The summed E-state index contributed by atoms with van der Waals surface area (Å²) in [5.41, 5.74) is 1.67. The number of imidazole rings is 1. The fourth-order valence-corrected chi connectivity index (χ4v) is 2.72. The van der Waals surface area contributed by atoms with Crippen molar-refractivity contribution in [2.75, 3.05) is 5.32 Å². The first-order chi connectivity index (χ1) is 11.6. The predicted octanol–water partition coefficient (Wildman–Crippen LogP) is 2.59. The van der Waals surface area contributed by atoms with Gasteiger partial charge in [-0.15, -0.1) is 0 Å². The van der Waals surface area contributed by atoms with Gasteiger partial charge in [0.2, 0.25) is 0 Å². The number of rotatable bonds is 2. The summed E-state index contributed by atoms with van der Waals surface area (Å²) in [6, 6.07) is 15.7. The minimum Gasteiger partial charge on any atom is -0.507 e. The molecular formula is C18H13N3NaO3. The second kappa shape index (κ2) is 6.76. The van der Waals surface area contributed by atoms with Gasteiger partial charge in [0.15, 0.2) is 0 Å². The molecule has 6 nitrogen and oxygen atoms in total. The van der Waals surface area contributed by atoms with E-state index in [1.807, 2.05) is 24.3 Å². The first-order valence-electron chi connectivity index (χ1n) is 7.35. The molecule has 119 valence electrons. The van der Waals surface area contributed by atoms with Gasteiger partial charge in [0, 0.05) is 35.2 Å². The van der Waals surface area contributed by atoms with Gasteiger partial charge in [-0.3, -0.25) is 4.79 Å². The van der Waals surface area contributed by atoms with E-state index in [4.69, 9.17) is 0 Å². The van der Waals surface area contributed by atoms with Crippen molar-refractivity contribution >= 4 is 63.0 Å². The van der Waals surface area contributed by atoms with Crippen LogP contribution in [0.1, 0.15) is 10.4 Å². The number of aromatic hydroxyl groups is 1. The van der Waals surface area contributed by atoms with Gasteiger partial charge in [-0.1, -0.05) is 24.3 Å². The van der Waals surface area contributed by atoms with E-state index in [1.165, 1.54) is 0 Å². The number of nitrogens with one attached hydrogen (secondary N) is 3. The van der Waals surface area contributed by atoms with Crippen molar-refractivity contribution in [3.05, 3.63) is 70.6 Å². The van der Waals surface area contributed by atoms with Crippen LogP contribution in [-0.4, -0.2) is 50.5 Å². The third-order valence-corrected chi connectivity index (χ3v) is 3.88. The molecule has 1 aromatic heterocycles. The number of anilines is 1. The maximum absolute atomic E-state index is 12.5. The molecule has 0 spiro atoms. The number of hydrogen-bond donors (Lipinski definition) is 4. The molecule has 3 aromatic carbocycles. The number of phenols is 1. The van der Waals surface area contributed by atoms with Crippen LogP contribution >= 0.6 is 0 Å². The van der Waals surface area contributed by atoms with Gasteiger partial charge in [0.25, 0.3) is 5.91 Å². The minimum atomic E-state index is -0.421. The van der Waals surface area contributed by atoms with Crippen LogP contribution < -0.4 is 11.0 Å². The number of H-pyrrole nitrogens is 2. The van der Waals surface area contributed by atoms with E-state index in [2.05, 4.69) is 15.3 Å². The van der Waals surface area contributed by atoms with Crippen LogP contribution in [0.4, 0.5) is 5.69 Å².